The Morgan fingerprint density at radius 1 is 1.35 bits per heavy atom. The highest BCUT2D eigenvalue weighted by Gasteiger charge is 2.09. The number of rotatable bonds is 4. The molecule has 0 saturated heterocycles. The minimum Gasteiger partial charge on any atom is -0.494 e. The predicted molar refractivity (Wildman–Crippen MR) is 59.0 cm³/mol. The van der Waals surface area contributed by atoms with Crippen molar-refractivity contribution >= 4 is 0 Å². The Labute approximate surface area is 97.6 Å². The summed E-state index contributed by atoms with van der Waals surface area (Å²) in [5.41, 5.74) is 0.585. The third-order valence-corrected chi connectivity index (χ3v) is 2.22. The van der Waals surface area contributed by atoms with Crippen LogP contribution in [0.4, 0.5) is 4.39 Å². The molecule has 0 aliphatic heterocycles. The molecule has 0 bridgehead atoms. The minimum atomic E-state index is -0.442. The van der Waals surface area contributed by atoms with E-state index in [1.165, 1.54) is 19.2 Å². The van der Waals surface area contributed by atoms with E-state index in [2.05, 4.69) is 15.2 Å². The highest BCUT2D eigenvalue weighted by atomic mass is 19.1. The molecule has 6 heteroatoms. The molecule has 17 heavy (non-hydrogen) atoms. The standard InChI is InChI=1S/C11H12FN3O2/c1-16-6-10-13-11(15-14-10)7-3-4-9(17-2)8(12)5-7/h3-5H,6H2,1-2H3,(H,13,14,15). The van der Waals surface area contributed by atoms with Gasteiger partial charge in [-0.1, -0.05) is 0 Å². The normalized spacial score (nSPS) is 10.5. The van der Waals surface area contributed by atoms with Crippen LogP contribution < -0.4 is 4.74 Å². The number of ether oxygens (including phenoxy) is 2. The van der Waals surface area contributed by atoms with Gasteiger partial charge in [-0.3, -0.25) is 5.10 Å². The van der Waals surface area contributed by atoms with Crippen LogP contribution in [0.2, 0.25) is 0 Å². The van der Waals surface area contributed by atoms with Crippen molar-refractivity contribution in [2.45, 2.75) is 6.61 Å². The van der Waals surface area contributed by atoms with E-state index in [4.69, 9.17) is 9.47 Å². The van der Waals surface area contributed by atoms with Gasteiger partial charge >= 0.3 is 0 Å². The Morgan fingerprint density at radius 3 is 2.82 bits per heavy atom. The summed E-state index contributed by atoms with van der Waals surface area (Å²) in [6.45, 7) is 0.339. The molecule has 0 atom stereocenters. The SMILES string of the molecule is COCc1nc(-c2ccc(OC)c(F)c2)n[nH]1. The monoisotopic (exact) mass is 237 g/mol. The average molecular weight is 237 g/mol. The molecule has 2 rings (SSSR count). The Kier molecular flexibility index (Phi) is 3.34. The summed E-state index contributed by atoms with van der Waals surface area (Å²) in [4.78, 5) is 4.17. The fraction of sp³-hybridized carbons (Fsp3) is 0.273. The fourth-order valence-corrected chi connectivity index (χ4v) is 1.43. The molecule has 0 saturated carbocycles. The van der Waals surface area contributed by atoms with E-state index >= 15 is 0 Å². The van der Waals surface area contributed by atoms with Gasteiger partial charge in [-0.15, -0.1) is 0 Å². The van der Waals surface area contributed by atoms with Gasteiger partial charge in [0, 0.05) is 12.7 Å². The van der Waals surface area contributed by atoms with Crippen molar-refractivity contribution in [3.05, 3.63) is 29.8 Å². The zero-order valence-corrected chi connectivity index (χ0v) is 9.53. The van der Waals surface area contributed by atoms with Crippen molar-refractivity contribution in [2.75, 3.05) is 14.2 Å². The van der Waals surface area contributed by atoms with Crippen LogP contribution in [0.3, 0.4) is 0 Å². The zero-order chi connectivity index (χ0) is 12.3. The molecule has 0 unspecified atom stereocenters. The summed E-state index contributed by atoms with van der Waals surface area (Å²) in [6.07, 6.45) is 0. The number of aromatic nitrogens is 3. The van der Waals surface area contributed by atoms with Crippen molar-refractivity contribution in [3.8, 4) is 17.1 Å². The van der Waals surface area contributed by atoms with Crippen LogP contribution >= 0.6 is 0 Å². The number of H-pyrrole nitrogens is 1. The van der Waals surface area contributed by atoms with E-state index in [0.29, 0.717) is 23.8 Å². The van der Waals surface area contributed by atoms with Gasteiger partial charge in [0.15, 0.2) is 23.2 Å². The van der Waals surface area contributed by atoms with Crippen molar-refractivity contribution in [2.24, 2.45) is 0 Å². The van der Waals surface area contributed by atoms with Gasteiger partial charge in [-0.05, 0) is 18.2 Å². The highest BCUT2D eigenvalue weighted by Crippen LogP contribution is 2.23. The largest absolute Gasteiger partial charge is 0.494 e. The van der Waals surface area contributed by atoms with Crippen LogP contribution in [0.1, 0.15) is 5.82 Å². The second-order valence-corrected chi connectivity index (χ2v) is 3.39. The molecule has 0 spiro atoms. The number of halogens is 1. The number of benzene rings is 1. The van der Waals surface area contributed by atoms with E-state index in [0.717, 1.165) is 0 Å². The third kappa shape index (κ3) is 2.42. The fourth-order valence-electron chi connectivity index (χ4n) is 1.43. The molecule has 0 amide bonds. The van der Waals surface area contributed by atoms with Crippen LogP contribution in [0.25, 0.3) is 11.4 Å². The molecule has 1 aromatic carbocycles. The lowest BCUT2D eigenvalue weighted by molar-refractivity contribution is 0.178. The van der Waals surface area contributed by atoms with Crippen molar-refractivity contribution < 1.29 is 13.9 Å². The second kappa shape index (κ2) is 4.92. The molecule has 1 N–H and O–H groups in total. The van der Waals surface area contributed by atoms with Crippen LogP contribution in [0.5, 0.6) is 5.75 Å². The van der Waals surface area contributed by atoms with E-state index in [1.807, 2.05) is 0 Å². The van der Waals surface area contributed by atoms with Gasteiger partial charge in [0.2, 0.25) is 0 Å². The Balaban J connectivity index is 2.29. The van der Waals surface area contributed by atoms with Gasteiger partial charge in [-0.2, -0.15) is 5.10 Å². The molecule has 5 nitrogen and oxygen atoms in total. The van der Waals surface area contributed by atoms with Crippen LogP contribution in [-0.4, -0.2) is 29.4 Å². The summed E-state index contributed by atoms with van der Waals surface area (Å²) in [6, 6.07) is 4.57. The first-order valence-electron chi connectivity index (χ1n) is 4.98. The molecule has 0 aliphatic rings. The average Bonchev–Trinajstić information content (AvgIpc) is 2.78. The Hall–Kier alpha value is -1.95. The zero-order valence-electron chi connectivity index (χ0n) is 9.53. The maximum Gasteiger partial charge on any atom is 0.181 e. The first kappa shape index (κ1) is 11.5. The number of nitrogens with one attached hydrogen (secondary N) is 1. The summed E-state index contributed by atoms with van der Waals surface area (Å²) in [7, 11) is 2.98. The molecule has 0 aliphatic carbocycles. The van der Waals surface area contributed by atoms with E-state index in [-0.39, 0.29) is 5.75 Å². The van der Waals surface area contributed by atoms with E-state index in [9.17, 15) is 4.39 Å². The van der Waals surface area contributed by atoms with Crippen LogP contribution in [-0.2, 0) is 11.3 Å². The maximum absolute atomic E-state index is 13.5. The van der Waals surface area contributed by atoms with Gasteiger partial charge in [0.1, 0.15) is 6.61 Å². The summed E-state index contributed by atoms with van der Waals surface area (Å²) < 4.78 is 23.2. The van der Waals surface area contributed by atoms with Crippen LogP contribution in [0, 0.1) is 5.82 Å². The maximum atomic E-state index is 13.5. The molecule has 1 heterocycles. The predicted octanol–water partition coefficient (Wildman–Crippen LogP) is 1.77. The Morgan fingerprint density at radius 2 is 2.18 bits per heavy atom. The molecule has 0 radical (unpaired) electrons. The number of hydrogen-bond donors (Lipinski definition) is 1. The smallest absolute Gasteiger partial charge is 0.181 e. The van der Waals surface area contributed by atoms with Gasteiger partial charge in [0.05, 0.1) is 7.11 Å². The molecular formula is C11H12FN3O2. The number of methoxy groups -OCH3 is 2. The summed E-state index contributed by atoms with van der Waals surface area (Å²) >= 11 is 0. The lowest BCUT2D eigenvalue weighted by atomic mass is 10.2. The molecular weight excluding hydrogens is 225 g/mol. The van der Waals surface area contributed by atoms with Gasteiger partial charge in [0.25, 0.3) is 0 Å². The Bertz CT molecular complexity index is 513. The minimum absolute atomic E-state index is 0.196. The van der Waals surface area contributed by atoms with Crippen LogP contribution in [0.15, 0.2) is 18.2 Å². The number of aromatic amines is 1. The van der Waals surface area contributed by atoms with Gasteiger partial charge < -0.3 is 9.47 Å². The number of nitrogens with zero attached hydrogens (tertiary/aromatic N) is 2. The second-order valence-electron chi connectivity index (χ2n) is 3.39. The first-order valence-corrected chi connectivity index (χ1v) is 4.98. The van der Waals surface area contributed by atoms with Gasteiger partial charge in [-0.25, -0.2) is 9.37 Å². The molecule has 1 aromatic heterocycles. The van der Waals surface area contributed by atoms with Crippen molar-refractivity contribution in [3.63, 3.8) is 0 Å². The number of hydrogen-bond acceptors (Lipinski definition) is 4. The molecule has 90 valence electrons. The summed E-state index contributed by atoms with van der Waals surface area (Å²) in [5, 5.41) is 6.69. The highest BCUT2D eigenvalue weighted by molar-refractivity contribution is 5.56. The topological polar surface area (TPSA) is 60.0 Å². The summed E-state index contributed by atoms with van der Waals surface area (Å²) in [5.74, 6) is 0.779. The quantitative estimate of drug-likeness (QED) is 0.880. The molecule has 2 aromatic rings. The first-order chi connectivity index (χ1) is 8.24. The third-order valence-electron chi connectivity index (χ3n) is 2.22. The molecule has 0 fully saturated rings. The lowest BCUT2D eigenvalue weighted by Crippen LogP contribution is -1.90. The van der Waals surface area contributed by atoms with E-state index in [1.54, 1.807) is 13.2 Å². The van der Waals surface area contributed by atoms with Crippen molar-refractivity contribution in [1.29, 1.82) is 0 Å². The van der Waals surface area contributed by atoms with E-state index < -0.39 is 5.82 Å². The lowest BCUT2D eigenvalue weighted by Gasteiger charge is -2.02. The van der Waals surface area contributed by atoms with Crippen molar-refractivity contribution in [1.82, 2.24) is 15.2 Å².